The van der Waals surface area contributed by atoms with Crippen molar-refractivity contribution in [3.8, 4) is 0 Å². The molecule has 17 heavy (non-hydrogen) atoms. The summed E-state index contributed by atoms with van der Waals surface area (Å²) in [6.45, 7) is 3.18. The van der Waals surface area contributed by atoms with Crippen LogP contribution in [0.15, 0.2) is 30.3 Å². The Labute approximate surface area is 103 Å². The van der Waals surface area contributed by atoms with Crippen LogP contribution in [0, 0.1) is 0 Å². The van der Waals surface area contributed by atoms with E-state index in [0.717, 1.165) is 5.56 Å². The molecule has 1 N–H and O–H groups in total. The van der Waals surface area contributed by atoms with Crippen LogP contribution in [0.4, 0.5) is 0 Å². The lowest BCUT2D eigenvalue weighted by molar-refractivity contribution is 0.119. The molecule has 4 nitrogen and oxygen atoms in total. The first-order chi connectivity index (χ1) is 8.14. The maximum Gasteiger partial charge on any atom is 0.211 e. The number of hydrogen-bond donors (Lipinski definition) is 1. The van der Waals surface area contributed by atoms with Gasteiger partial charge in [0, 0.05) is 13.2 Å². The maximum absolute atomic E-state index is 11.1. The first-order valence-corrected chi connectivity index (χ1v) is 7.38. The monoisotopic (exact) mass is 257 g/mol. The molecule has 5 heteroatoms. The second-order valence-electron chi connectivity index (χ2n) is 3.69. The van der Waals surface area contributed by atoms with Gasteiger partial charge in [-0.2, -0.15) is 0 Å². The standard InChI is InChI=1S/C12H19NO3S/c1-2-17(14,15)13-9-6-10-16-11-12-7-4-3-5-8-12/h3-5,7-8,13H,2,6,9-11H2,1H3. The summed E-state index contributed by atoms with van der Waals surface area (Å²) in [6.07, 6.45) is 0.687. The van der Waals surface area contributed by atoms with E-state index in [1.165, 1.54) is 0 Å². The van der Waals surface area contributed by atoms with Crippen molar-refractivity contribution in [2.75, 3.05) is 18.9 Å². The van der Waals surface area contributed by atoms with Crippen LogP contribution >= 0.6 is 0 Å². The summed E-state index contributed by atoms with van der Waals surface area (Å²) in [4.78, 5) is 0. The summed E-state index contributed by atoms with van der Waals surface area (Å²) in [7, 11) is -3.06. The molecule has 1 aromatic carbocycles. The van der Waals surface area contributed by atoms with E-state index in [0.29, 0.717) is 26.2 Å². The highest BCUT2D eigenvalue weighted by Crippen LogP contribution is 2.00. The van der Waals surface area contributed by atoms with Gasteiger partial charge in [-0.25, -0.2) is 13.1 Å². The van der Waals surface area contributed by atoms with Crippen molar-refractivity contribution in [2.45, 2.75) is 20.0 Å². The van der Waals surface area contributed by atoms with Gasteiger partial charge in [0.15, 0.2) is 0 Å². The number of ether oxygens (including phenoxy) is 1. The molecule has 0 saturated carbocycles. The number of hydrogen-bond acceptors (Lipinski definition) is 3. The summed E-state index contributed by atoms with van der Waals surface area (Å²) in [5.41, 5.74) is 1.13. The minimum Gasteiger partial charge on any atom is -0.377 e. The fourth-order valence-electron chi connectivity index (χ4n) is 1.27. The average Bonchev–Trinajstić information content (AvgIpc) is 2.35. The zero-order valence-electron chi connectivity index (χ0n) is 10.1. The second kappa shape index (κ2) is 7.42. The number of sulfonamides is 1. The molecular formula is C12H19NO3S. The van der Waals surface area contributed by atoms with Crippen molar-refractivity contribution < 1.29 is 13.2 Å². The summed E-state index contributed by atoms with van der Waals surface area (Å²) in [5.74, 6) is 0.123. The highest BCUT2D eigenvalue weighted by atomic mass is 32.2. The number of nitrogens with one attached hydrogen (secondary N) is 1. The molecular weight excluding hydrogens is 238 g/mol. The molecule has 0 aromatic heterocycles. The van der Waals surface area contributed by atoms with Gasteiger partial charge in [-0.15, -0.1) is 0 Å². The molecule has 0 aliphatic heterocycles. The number of benzene rings is 1. The van der Waals surface area contributed by atoms with E-state index < -0.39 is 10.0 Å². The minimum atomic E-state index is -3.06. The molecule has 0 radical (unpaired) electrons. The van der Waals surface area contributed by atoms with Gasteiger partial charge in [-0.3, -0.25) is 0 Å². The second-order valence-corrected chi connectivity index (χ2v) is 5.79. The van der Waals surface area contributed by atoms with Gasteiger partial charge in [0.1, 0.15) is 0 Å². The molecule has 0 saturated heterocycles. The molecule has 1 rings (SSSR count). The lowest BCUT2D eigenvalue weighted by Gasteiger charge is -2.05. The highest BCUT2D eigenvalue weighted by molar-refractivity contribution is 7.89. The molecule has 0 amide bonds. The molecule has 0 atom stereocenters. The van der Waals surface area contributed by atoms with Crippen LogP contribution in [0.1, 0.15) is 18.9 Å². The zero-order chi connectivity index (χ0) is 12.6. The Balaban J connectivity index is 2.06. The summed E-state index contributed by atoms with van der Waals surface area (Å²) >= 11 is 0. The maximum atomic E-state index is 11.1. The SMILES string of the molecule is CCS(=O)(=O)NCCCOCc1ccccc1. The Morgan fingerprint density at radius 1 is 1.24 bits per heavy atom. The van der Waals surface area contributed by atoms with Gasteiger partial charge >= 0.3 is 0 Å². The quantitative estimate of drug-likeness (QED) is 0.719. The van der Waals surface area contributed by atoms with Crippen molar-refractivity contribution in [1.82, 2.24) is 4.72 Å². The van der Waals surface area contributed by atoms with Crippen LogP contribution in [-0.2, 0) is 21.4 Å². The van der Waals surface area contributed by atoms with Gasteiger partial charge in [0.25, 0.3) is 0 Å². The van der Waals surface area contributed by atoms with Crippen molar-refractivity contribution >= 4 is 10.0 Å². The predicted molar refractivity (Wildman–Crippen MR) is 68.2 cm³/mol. The van der Waals surface area contributed by atoms with Crippen molar-refractivity contribution in [1.29, 1.82) is 0 Å². The van der Waals surface area contributed by atoms with Crippen LogP contribution in [0.25, 0.3) is 0 Å². The Hall–Kier alpha value is -0.910. The third-order valence-corrected chi connectivity index (χ3v) is 3.68. The van der Waals surface area contributed by atoms with E-state index >= 15 is 0 Å². The van der Waals surface area contributed by atoms with Gasteiger partial charge in [-0.05, 0) is 18.9 Å². The lowest BCUT2D eigenvalue weighted by atomic mass is 10.2. The molecule has 0 heterocycles. The lowest BCUT2D eigenvalue weighted by Crippen LogP contribution is -2.26. The van der Waals surface area contributed by atoms with E-state index in [9.17, 15) is 8.42 Å². The average molecular weight is 257 g/mol. The molecule has 0 bridgehead atoms. The van der Waals surface area contributed by atoms with Crippen molar-refractivity contribution in [2.24, 2.45) is 0 Å². The molecule has 0 spiro atoms. The first-order valence-electron chi connectivity index (χ1n) is 5.73. The molecule has 96 valence electrons. The van der Waals surface area contributed by atoms with Crippen LogP contribution in [-0.4, -0.2) is 27.3 Å². The summed E-state index contributed by atoms with van der Waals surface area (Å²) < 4.78 is 30.1. The smallest absolute Gasteiger partial charge is 0.211 e. The summed E-state index contributed by atoms with van der Waals surface area (Å²) in [6, 6.07) is 9.89. The molecule has 0 aliphatic rings. The number of rotatable bonds is 8. The highest BCUT2D eigenvalue weighted by Gasteiger charge is 2.03. The zero-order valence-corrected chi connectivity index (χ0v) is 10.9. The topological polar surface area (TPSA) is 55.4 Å². The molecule has 0 unspecified atom stereocenters. The molecule has 0 fully saturated rings. The Morgan fingerprint density at radius 2 is 1.94 bits per heavy atom. The summed E-state index contributed by atoms with van der Waals surface area (Å²) in [5, 5.41) is 0. The normalized spacial score (nSPS) is 11.6. The van der Waals surface area contributed by atoms with Crippen LogP contribution in [0.3, 0.4) is 0 Å². The third kappa shape index (κ3) is 6.41. The van der Waals surface area contributed by atoms with E-state index in [1.54, 1.807) is 6.92 Å². The Bertz CT molecular complexity index is 403. The molecule has 0 aliphatic carbocycles. The van der Waals surface area contributed by atoms with Crippen molar-refractivity contribution in [3.05, 3.63) is 35.9 Å². The van der Waals surface area contributed by atoms with Gasteiger partial charge in [-0.1, -0.05) is 30.3 Å². The molecule has 1 aromatic rings. The first kappa shape index (κ1) is 14.2. The van der Waals surface area contributed by atoms with E-state index in [4.69, 9.17) is 4.74 Å². The van der Waals surface area contributed by atoms with Crippen LogP contribution in [0.2, 0.25) is 0 Å². The fraction of sp³-hybridized carbons (Fsp3) is 0.500. The fourth-order valence-corrected chi connectivity index (χ4v) is 1.93. The van der Waals surface area contributed by atoms with Gasteiger partial charge in [0.05, 0.1) is 12.4 Å². The van der Waals surface area contributed by atoms with E-state index in [2.05, 4.69) is 4.72 Å². The largest absolute Gasteiger partial charge is 0.377 e. The van der Waals surface area contributed by atoms with Crippen molar-refractivity contribution in [3.63, 3.8) is 0 Å². The van der Waals surface area contributed by atoms with Crippen LogP contribution < -0.4 is 4.72 Å². The van der Waals surface area contributed by atoms with E-state index in [-0.39, 0.29) is 5.75 Å². The predicted octanol–water partition coefficient (Wildman–Crippen LogP) is 1.53. The van der Waals surface area contributed by atoms with E-state index in [1.807, 2.05) is 30.3 Å². The van der Waals surface area contributed by atoms with Crippen LogP contribution in [0.5, 0.6) is 0 Å². The Morgan fingerprint density at radius 3 is 2.59 bits per heavy atom. The van der Waals surface area contributed by atoms with Gasteiger partial charge < -0.3 is 4.74 Å². The Kier molecular flexibility index (Phi) is 6.18. The van der Waals surface area contributed by atoms with Gasteiger partial charge in [0.2, 0.25) is 10.0 Å². The third-order valence-electron chi connectivity index (χ3n) is 2.28. The minimum absolute atomic E-state index is 0.123.